The van der Waals surface area contributed by atoms with Crippen molar-refractivity contribution in [3.63, 3.8) is 0 Å². The molecule has 0 saturated carbocycles. The summed E-state index contributed by atoms with van der Waals surface area (Å²) in [4.78, 5) is 2.17. The van der Waals surface area contributed by atoms with Crippen molar-refractivity contribution in [1.82, 2.24) is 10.2 Å². The Bertz CT molecular complexity index is 691. The third-order valence-corrected chi connectivity index (χ3v) is 5.10. The number of aromatic nitrogens is 2. The first-order chi connectivity index (χ1) is 11.1. The van der Waals surface area contributed by atoms with Crippen LogP contribution in [0.5, 0.6) is 0 Å². The fraction of sp³-hybridized carbons (Fsp3) is 0.556. The fourth-order valence-corrected chi connectivity index (χ4v) is 3.76. The van der Waals surface area contributed by atoms with E-state index in [1.165, 1.54) is 0 Å². The molecule has 1 aliphatic heterocycles. The molecule has 0 radical (unpaired) electrons. The molecule has 1 fully saturated rings. The van der Waals surface area contributed by atoms with Crippen LogP contribution >= 0.6 is 0 Å². The molecule has 2 aromatic rings. The van der Waals surface area contributed by atoms with Gasteiger partial charge in [-0.1, -0.05) is 37.6 Å². The molecule has 2 atom stereocenters. The zero-order valence-electron chi connectivity index (χ0n) is 13.9. The van der Waals surface area contributed by atoms with Gasteiger partial charge in [0.25, 0.3) is 0 Å². The van der Waals surface area contributed by atoms with E-state index in [2.05, 4.69) is 34.2 Å². The van der Waals surface area contributed by atoms with Gasteiger partial charge in [-0.05, 0) is 19.8 Å². The molecule has 2 N–H and O–H groups in total. The number of hydrogen-bond donors (Lipinski definition) is 2. The highest BCUT2D eigenvalue weighted by Crippen LogP contribution is 2.37. The van der Waals surface area contributed by atoms with Crippen LogP contribution in [-0.2, 0) is 0 Å². The van der Waals surface area contributed by atoms with E-state index in [4.69, 9.17) is 0 Å². The molecule has 0 amide bonds. The van der Waals surface area contributed by atoms with Gasteiger partial charge in [-0.25, -0.2) is 0 Å². The van der Waals surface area contributed by atoms with Crippen LogP contribution < -0.4 is 4.90 Å². The Kier molecular flexibility index (Phi) is 4.50. The van der Waals surface area contributed by atoms with Crippen LogP contribution in [0.1, 0.15) is 31.9 Å². The molecular formula is C18H25N3O2. The minimum atomic E-state index is -0.472. The number of fused-ring (bicyclic) bond motifs is 1. The Hall–Kier alpha value is -1.72. The Morgan fingerprint density at radius 2 is 2.00 bits per heavy atom. The minimum absolute atomic E-state index is 0.00424. The second kappa shape index (κ2) is 6.42. The second-order valence-corrected chi connectivity index (χ2v) is 6.65. The third-order valence-electron chi connectivity index (χ3n) is 5.10. The van der Waals surface area contributed by atoms with Crippen molar-refractivity contribution >= 4 is 16.6 Å². The molecule has 0 bridgehead atoms. The summed E-state index contributed by atoms with van der Waals surface area (Å²) in [5.41, 5.74) is 0.448. The molecule has 5 heteroatoms. The van der Waals surface area contributed by atoms with Gasteiger partial charge < -0.3 is 15.1 Å². The smallest absolute Gasteiger partial charge is 0.159 e. The minimum Gasteiger partial charge on any atom is -0.396 e. The quantitative estimate of drug-likeness (QED) is 0.906. The van der Waals surface area contributed by atoms with Crippen LogP contribution in [0.3, 0.4) is 0 Å². The fourth-order valence-electron chi connectivity index (χ4n) is 3.76. The van der Waals surface area contributed by atoms with E-state index in [9.17, 15) is 10.2 Å². The largest absolute Gasteiger partial charge is 0.396 e. The van der Waals surface area contributed by atoms with E-state index in [0.29, 0.717) is 13.0 Å². The Morgan fingerprint density at radius 3 is 2.70 bits per heavy atom. The number of aryl methyl sites for hydroxylation is 1. The van der Waals surface area contributed by atoms with Crippen molar-refractivity contribution in [3.8, 4) is 0 Å². The molecule has 0 spiro atoms. The van der Waals surface area contributed by atoms with Gasteiger partial charge in [0.15, 0.2) is 5.82 Å². The first-order valence-corrected chi connectivity index (χ1v) is 8.37. The molecule has 5 nitrogen and oxygen atoms in total. The summed E-state index contributed by atoms with van der Waals surface area (Å²) in [6.45, 7) is 5.39. The highest BCUT2D eigenvalue weighted by Gasteiger charge is 2.42. The van der Waals surface area contributed by atoms with Gasteiger partial charge in [0.1, 0.15) is 0 Å². The molecule has 124 valence electrons. The van der Waals surface area contributed by atoms with E-state index in [0.717, 1.165) is 41.7 Å². The molecule has 0 unspecified atom stereocenters. The highest BCUT2D eigenvalue weighted by molar-refractivity contribution is 5.93. The lowest BCUT2D eigenvalue weighted by atomic mass is 9.74. The van der Waals surface area contributed by atoms with Gasteiger partial charge >= 0.3 is 0 Å². The van der Waals surface area contributed by atoms with Crippen LogP contribution in [0, 0.1) is 12.3 Å². The zero-order valence-corrected chi connectivity index (χ0v) is 13.9. The number of nitrogens with zero attached hydrogens (tertiary/aromatic N) is 3. The summed E-state index contributed by atoms with van der Waals surface area (Å²) in [7, 11) is 0. The highest BCUT2D eigenvalue weighted by atomic mass is 16.3. The van der Waals surface area contributed by atoms with E-state index >= 15 is 0 Å². The number of aliphatic hydroxyl groups is 2. The molecule has 1 aromatic carbocycles. The summed E-state index contributed by atoms with van der Waals surface area (Å²) < 4.78 is 0. The Morgan fingerprint density at radius 1 is 1.26 bits per heavy atom. The molecule has 1 aliphatic rings. The molecule has 1 aromatic heterocycles. The third kappa shape index (κ3) is 2.79. The van der Waals surface area contributed by atoms with E-state index in [1.807, 2.05) is 19.1 Å². The van der Waals surface area contributed by atoms with Crippen molar-refractivity contribution in [3.05, 3.63) is 30.0 Å². The molecule has 23 heavy (non-hydrogen) atoms. The summed E-state index contributed by atoms with van der Waals surface area (Å²) in [6, 6.07) is 8.15. The summed E-state index contributed by atoms with van der Waals surface area (Å²) >= 11 is 0. The Labute approximate surface area is 137 Å². The van der Waals surface area contributed by atoms with Gasteiger partial charge in [0.2, 0.25) is 0 Å². The van der Waals surface area contributed by atoms with E-state index in [-0.39, 0.29) is 6.61 Å². The van der Waals surface area contributed by atoms with Crippen LogP contribution in [0.4, 0.5) is 5.82 Å². The number of piperidine rings is 1. The maximum atomic E-state index is 10.4. The number of hydrogen-bond acceptors (Lipinski definition) is 5. The number of anilines is 1. The molecule has 2 heterocycles. The first-order valence-electron chi connectivity index (χ1n) is 8.37. The van der Waals surface area contributed by atoms with Gasteiger partial charge in [-0.2, -0.15) is 5.10 Å². The molecule has 1 saturated heterocycles. The Balaban J connectivity index is 2.01. The topological polar surface area (TPSA) is 69.5 Å². The van der Waals surface area contributed by atoms with Crippen molar-refractivity contribution in [2.75, 3.05) is 24.6 Å². The average molecular weight is 315 g/mol. The molecule has 3 rings (SSSR count). The predicted octanol–water partition coefficient (Wildman–Crippen LogP) is 2.29. The number of rotatable bonds is 4. The van der Waals surface area contributed by atoms with Crippen LogP contribution in [0.15, 0.2) is 24.3 Å². The number of aliphatic hydroxyl groups excluding tert-OH is 2. The van der Waals surface area contributed by atoms with E-state index < -0.39 is 11.5 Å². The van der Waals surface area contributed by atoms with Crippen molar-refractivity contribution < 1.29 is 10.2 Å². The van der Waals surface area contributed by atoms with E-state index in [1.54, 1.807) is 0 Å². The SMILES string of the molecule is CCC[C@@]1(CO)CN(c2nnc(C)c3ccccc23)CC[C@@H]1O. The molecular weight excluding hydrogens is 290 g/mol. The van der Waals surface area contributed by atoms with Crippen molar-refractivity contribution in [2.24, 2.45) is 5.41 Å². The van der Waals surface area contributed by atoms with Crippen LogP contribution in [0.2, 0.25) is 0 Å². The van der Waals surface area contributed by atoms with Crippen LogP contribution in [-0.4, -0.2) is 46.2 Å². The predicted molar refractivity (Wildman–Crippen MR) is 91.5 cm³/mol. The molecule has 0 aliphatic carbocycles. The van der Waals surface area contributed by atoms with Gasteiger partial charge in [-0.15, -0.1) is 5.10 Å². The monoisotopic (exact) mass is 315 g/mol. The van der Waals surface area contributed by atoms with Gasteiger partial charge in [-0.3, -0.25) is 0 Å². The maximum absolute atomic E-state index is 10.4. The lowest BCUT2D eigenvalue weighted by Crippen LogP contribution is -2.54. The van der Waals surface area contributed by atoms with Crippen LogP contribution in [0.25, 0.3) is 10.8 Å². The lowest BCUT2D eigenvalue weighted by molar-refractivity contribution is -0.0353. The van der Waals surface area contributed by atoms with Gasteiger partial charge in [0.05, 0.1) is 18.4 Å². The van der Waals surface area contributed by atoms with Crippen molar-refractivity contribution in [1.29, 1.82) is 0 Å². The number of benzene rings is 1. The van der Waals surface area contributed by atoms with Crippen molar-refractivity contribution in [2.45, 2.75) is 39.2 Å². The maximum Gasteiger partial charge on any atom is 0.159 e. The van der Waals surface area contributed by atoms with Gasteiger partial charge in [0, 0.05) is 29.3 Å². The standard InChI is InChI=1S/C18H25N3O2/c1-3-9-18(12-22)11-21(10-8-16(18)23)17-15-7-5-4-6-14(15)13(2)19-20-17/h4-7,16,22-23H,3,8-12H2,1-2H3/t16-,18-/m0/s1. The second-order valence-electron chi connectivity index (χ2n) is 6.65. The zero-order chi connectivity index (χ0) is 16.4. The lowest BCUT2D eigenvalue weighted by Gasteiger charge is -2.45. The summed E-state index contributed by atoms with van der Waals surface area (Å²) in [5, 5.41) is 31.3. The summed E-state index contributed by atoms with van der Waals surface area (Å²) in [5.74, 6) is 0.854. The first kappa shape index (κ1) is 16.1. The summed E-state index contributed by atoms with van der Waals surface area (Å²) in [6.07, 6.45) is 1.92. The normalized spacial score (nSPS) is 25.0. The average Bonchev–Trinajstić information content (AvgIpc) is 2.58.